The fourth-order valence-corrected chi connectivity index (χ4v) is 4.81. The van der Waals surface area contributed by atoms with Crippen LogP contribution in [0.15, 0.2) is 48.5 Å². The summed E-state index contributed by atoms with van der Waals surface area (Å²) in [5.74, 6) is 1.32. The van der Waals surface area contributed by atoms with Crippen molar-refractivity contribution in [1.29, 1.82) is 0 Å². The highest BCUT2D eigenvalue weighted by atomic mass is 16.5. The van der Waals surface area contributed by atoms with E-state index < -0.39 is 5.41 Å². The Balaban J connectivity index is 1.53. The van der Waals surface area contributed by atoms with Crippen molar-refractivity contribution < 1.29 is 14.3 Å². The Morgan fingerprint density at radius 2 is 1.87 bits per heavy atom. The van der Waals surface area contributed by atoms with Gasteiger partial charge in [0.05, 0.1) is 12.5 Å². The van der Waals surface area contributed by atoms with Crippen LogP contribution in [0.4, 0.5) is 0 Å². The lowest BCUT2D eigenvalue weighted by atomic mass is 9.79. The Morgan fingerprint density at radius 3 is 2.52 bits per heavy atom. The van der Waals surface area contributed by atoms with E-state index in [0.29, 0.717) is 32.5 Å². The van der Waals surface area contributed by atoms with E-state index in [1.165, 1.54) is 0 Å². The molecule has 1 saturated carbocycles. The summed E-state index contributed by atoms with van der Waals surface area (Å²) in [4.78, 5) is 27.8. The molecular weight excluding hydrogens is 388 g/mol. The number of hydrogen-bond acceptors (Lipinski definition) is 3. The topological polar surface area (TPSA) is 58.6 Å². The Labute approximate surface area is 184 Å². The molecule has 0 aromatic heterocycles. The second-order valence-corrected chi connectivity index (χ2v) is 8.85. The van der Waals surface area contributed by atoms with Crippen LogP contribution in [0.5, 0.6) is 5.75 Å². The first-order valence-corrected chi connectivity index (χ1v) is 11.4. The van der Waals surface area contributed by atoms with E-state index in [0.717, 1.165) is 41.7 Å². The summed E-state index contributed by atoms with van der Waals surface area (Å²) in [6, 6.07) is 16.3. The zero-order valence-electron chi connectivity index (χ0n) is 18.5. The molecule has 31 heavy (non-hydrogen) atoms. The van der Waals surface area contributed by atoms with Crippen LogP contribution < -0.4 is 10.1 Å². The van der Waals surface area contributed by atoms with Gasteiger partial charge >= 0.3 is 0 Å². The molecule has 4 rings (SSSR count). The Kier molecular flexibility index (Phi) is 6.30. The first-order valence-electron chi connectivity index (χ1n) is 11.4. The Morgan fingerprint density at radius 1 is 1.13 bits per heavy atom. The van der Waals surface area contributed by atoms with E-state index in [-0.39, 0.29) is 17.7 Å². The van der Waals surface area contributed by atoms with E-state index in [1.54, 1.807) is 7.11 Å². The number of carbonyl (C=O) groups excluding carboxylic acids is 2. The predicted octanol–water partition coefficient (Wildman–Crippen LogP) is 4.06. The number of benzene rings is 2. The number of likely N-dealkylation sites (tertiary alicyclic amines) is 1. The summed E-state index contributed by atoms with van der Waals surface area (Å²) in [6.07, 6.45) is 4.48. The second-order valence-electron chi connectivity index (χ2n) is 8.85. The smallest absolute Gasteiger partial charge is 0.228 e. The van der Waals surface area contributed by atoms with Gasteiger partial charge in [0.25, 0.3) is 0 Å². The molecule has 1 N–H and O–H groups in total. The fraction of sp³-hybridized carbons (Fsp3) is 0.462. The number of para-hydroxylation sites is 1. The average Bonchev–Trinajstić information content (AvgIpc) is 3.19. The number of nitrogens with zero attached hydrogens (tertiary/aromatic N) is 1. The minimum absolute atomic E-state index is 0.0627. The second kappa shape index (κ2) is 9.13. The van der Waals surface area contributed by atoms with E-state index in [2.05, 4.69) is 29.6 Å². The van der Waals surface area contributed by atoms with E-state index in [9.17, 15) is 9.59 Å². The summed E-state index contributed by atoms with van der Waals surface area (Å²) in [7, 11) is 1.68. The molecule has 0 radical (unpaired) electrons. The molecule has 1 aliphatic heterocycles. The third-order valence-electron chi connectivity index (χ3n) is 6.85. The molecule has 1 heterocycles. The zero-order valence-corrected chi connectivity index (χ0v) is 18.5. The van der Waals surface area contributed by atoms with Gasteiger partial charge in [0, 0.05) is 31.1 Å². The highest BCUT2D eigenvalue weighted by molar-refractivity contribution is 5.86. The molecule has 2 aromatic carbocycles. The average molecular weight is 421 g/mol. The van der Waals surface area contributed by atoms with Gasteiger partial charge in [-0.15, -0.1) is 0 Å². The number of nitrogens with one attached hydrogen (secondary N) is 1. The lowest BCUT2D eigenvalue weighted by molar-refractivity contribution is -0.138. The number of methoxy groups -OCH3 is 1. The van der Waals surface area contributed by atoms with Crippen LogP contribution in [-0.2, 0) is 16.0 Å². The number of ether oxygens (including phenoxy) is 1. The first kappa shape index (κ1) is 21.4. The molecule has 1 aliphatic carbocycles. The van der Waals surface area contributed by atoms with E-state index in [4.69, 9.17) is 4.74 Å². The number of carbonyl (C=O) groups is 2. The Hall–Kier alpha value is -2.82. The van der Waals surface area contributed by atoms with Crippen LogP contribution in [0.25, 0.3) is 11.1 Å². The number of hydrogen-bond donors (Lipinski definition) is 1. The van der Waals surface area contributed by atoms with Crippen molar-refractivity contribution in [2.45, 2.75) is 39.0 Å². The quantitative estimate of drug-likeness (QED) is 0.735. The summed E-state index contributed by atoms with van der Waals surface area (Å²) < 4.78 is 5.49. The monoisotopic (exact) mass is 420 g/mol. The van der Waals surface area contributed by atoms with Crippen molar-refractivity contribution in [3.8, 4) is 16.9 Å². The molecule has 2 aliphatic rings. The van der Waals surface area contributed by atoms with Crippen molar-refractivity contribution in [3.63, 3.8) is 0 Å². The molecule has 5 heteroatoms. The SMILES string of the molecule is CCNC(=O)[C@]1(Cc2ccc(-c3ccccc3OC)cc2)CCN(C(=O)C2CCC2)C1. The van der Waals surface area contributed by atoms with Gasteiger partial charge in [0.15, 0.2) is 0 Å². The molecular formula is C26H32N2O3. The molecule has 164 valence electrons. The molecule has 0 spiro atoms. The molecule has 2 amide bonds. The minimum Gasteiger partial charge on any atom is -0.496 e. The third kappa shape index (κ3) is 4.32. The minimum atomic E-state index is -0.554. The van der Waals surface area contributed by atoms with Crippen molar-refractivity contribution in [1.82, 2.24) is 10.2 Å². The van der Waals surface area contributed by atoms with Crippen molar-refractivity contribution >= 4 is 11.8 Å². The molecule has 1 saturated heterocycles. The van der Waals surface area contributed by atoms with Gasteiger partial charge in [0.2, 0.25) is 11.8 Å². The van der Waals surface area contributed by atoms with Gasteiger partial charge in [-0.1, -0.05) is 48.9 Å². The maximum absolute atomic E-state index is 13.1. The van der Waals surface area contributed by atoms with Crippen LogP contribution in [0.1, 0.15) is 38.2 Å². The van der Waals surface area contributed by atoms with Crippen molar-refractivity contribution in [2.75, 3.05) is 26.7 Å². The van der Waals surface area contributed by atoms with Crippen LogP contribution in [0.2, 0.25) is 0 Å². The molecule has 0 unspecified atom stereocenters. The summed E-state index contributed by atoms with van der Waals surface area (Å²) in [6.45, 7) is 3.73. The highest BCUT2D eigenvalue weighted by Crippen LogP contribution is 2.38. The van der Waals surface area contributed by atoms with Crippen LogP contribution in [-0.4, -0.2) is 43.5 Å². The number of amides is 2. The van der Waals surface area contributed by atoms with Gasteiger partial charge in [-0.25, -0.2) is 0 Å². The van der Waals surface area contributed by atoms with E-state index in [1.807, 2.05) is 36.1 Å². The summed E-state index contributed by atoms with van der Waals surface area (Å²) >= 11 is 0. The molecule has 5 nitrogen and oxygen atoms in total. The van der Waals surface area contributed by atoms with Crippen LogP contribution >= 0.6 is 0 Å². The molecule has 2 aromatic rings. The van der Waals surface area contributed by atoms with Gasteiger partial charge in [0.1, 0.15) is 5.75 Å². The summed E-state index contributed by atoms with van der Waals surface area (Å²) in [5.41, 5.74) is 2.69. The lowest BCUT2D eigenvalue weighted by Crippen LogP contribution is -2.46. The molecule has 2 fully saturated rings. The molecule has 1 atom stereocenters. The van der Waals surface area contributed by atoms with Gasteiger partial charge in [-0.2, -0.15) is 0 Å². The van der Waals surface area contributed by atoms with Gasteiger partial charge < -0.3 is 15.0 Å². The lowest BCUT2D eigenvalue weighted by Gasteiger charge is -2.31. The number of rotatable bonds is 7. The van der Waals surface area contributed by atoms with Crippen LogP contribution in [0, 0.1) is 11.3 Å². The maximum Gasteiger partial charge on any atom is 0.228 e. The Bertz CT molecular complexity index is 936. The van der Waals surface area contributed by atoms with Crippen molar-refractivity contribution in [3.05, 3.63) is 54.1 Å². The summed E-state index contributed by atoms with van der Waals surface area (Å²) in [5, 5.41) is 3.02. The third-order valence-corrected chi connectivity index (χ3v) is 6.85. The standard InChI is InChI=1S/C26H32N2O3/c1-3-27-25(30)26(15-16-28(18-26)24(29)21-7-6-8-21)17-19-11-13-20(14-12-19)22-9-4-5-10-23(22)31-2/h4-5,9-14,21H,3,6-8,15-18H2,1-2H3,(H,27,30)/t26-/m0/s1. The largest absolute Gasteiger partial charge is 0.496 e. The molecule has 0 bridgehead atoms. The maximum atomic E-state index is 13.1. The van der Waals surface area contributed by atoms with Gasteiger partial charge in [-0.05, 0) is 49.8 Å². The highest BCUT2D eigenvalue weighted by Gasteiger charge is 2.47. The zero-order chi connectivity index (χ0) is 21.8. The predicted molar refractivity (Wildman–Crippen MR) is 122 cm³/mol. The van der Waals surface area contributed by atoms with E-state index >= 15 is 0 Å². The van der Waals surface area contributed by atoms with Gasteiger partial charge in [-0.3, -0.25) is 9.59 Å². The fourth-order valence-electron chi connectivity index (χ4n) is 4.81. The first-order chi connectivity index (χ1) is 15.1. The van der Waals surface area contributed by atoms with Crippen molar-refractivity contribution in [2.24, 2.45) is 11.3 Å². The van der Waals surface area contributed by atoms with Crippen LogP contribution in [0.3, 0.4) is 0 Å². The normalized spacial score (nSPS) is 20.9.